The van der Waals surface area contributed by atoms with Gasteiger partial charge in [0.1, 0.15) is 22.3 Å². The van der Waals surface area contributed by atoms with E-state index in [9.17, 15) is 4.79 Å². The van der Waals surface area contributed by atoms with Crippen molar-refractivity contribution in [2.45, 2.75) is 13.3 Å². The van der Waals surface area contributed by atoms with Crippen LogP contribution in [0.4, 0.5) is 0 Å². The average molecular weight is 239 g/mol. The van der Waals surface area contributed by atoms with Crippen molar-refractivity contribution in [3.8, 4) is 5.75 Å². The molecule has 0 fully saturated rings. The number of hydrogen-bond donors (Lipinski definition) is 0. The van der Waals surface area contributed by atoms with Crippen molar-refractivity contribution in [1.82, 2.24) is 9.38 Å². The molecule has 0 aromatic carbocycles. The topological polar surface area (TPSA) is 43.6 Å². The Bertz CT molecular complexity index is 548. The van der Waals surface area contributed by atoms with E-state index in [1.54, 1.807) is 29.8 Å². The fourth-order valence-electron chi connectivity index (χ4n) is 1.52. The molecule has 0 unspecified atom stereocenters. The SMILES string of the molecule is COc1ccn2c(Cl)c(CC(C)=O)nc2c1. The Balaban J connectivity index is 2.54. The molecule has 0 radical (unpaired) electrons. The Labute approximate surface area is 97.8 Å². The fraction of sp³-hybridized carbons (Fsp3) is 0.273. The lowest BCUT2D eigenvalue weighted by Gasteiger charge is -1.99. The zero-order valence-electron chi connectivity index (χ0n) is 9.03. The van der Waals surface area contributed by atoms with E-state index in [1.165, 1.54) is 6.92 Å². The van der Waals surface area contributed by atoms with E-state index in [1.807, 2.05) is 0 Å². The predicted molar refractivity (Wildman–Crippen MR) is 61.1 cm³/mol. The highest BCUT2D eigenvalue weighted by Gasteiger charge is 2.12. The van der Waals surface area contributed by atoms with E-state index in [0.717, 1.165) is 0 Å². The summed E-state index contributed by atoms with van der Waals surface area (Å²) in [5, 5.41) is 0.479. The Morgan fingerprint density at radius 3 is 3.00 bits per heavy atom. The van der Waals surface area contributed by atoms with Crippen LogP contribution >= 0.6 is 11.6 Å². The van der Waals surface area contributed by atoms with Crippen LogP contribution < -0.4 is 4.74 Å². The van der Waals surface area contributed by atoms with E-state index in [4.69, 9.17) is 16.3 Å². The molecule has 16 heavy (non-hydrogen) atoms. The second-order valence-electron chi connectivity index (χ2n) is 3.52. The number of pyridine rings is 1. The minimum atomic E-state index is 0.0391. The summed E-state index contributed by atoms with van der Waals surface area (Å²) < 4.78 is 6.81. The van der Waals surface area contributed by atoms with Gasteiger partial charge in [0.15, 0.2) is 0 Å². The third-order valence-electron chi connectivity index (χ3n) is 2.26. The standard InChI is InChI=1S/C11H11ClN2O2/c1-7(15)5-9-11(12)14-4-3-8(16-2)6-10(14)13-9/h3-4,6H,5H2,1-2H3. The summed E-state index contributed by atoms with van der Waals surface area (Å²) >= 11 is 6.10. The fourth-order valence-corrected chi connectivity index (χ4v) is 1.77. The number of ether oxygens (including phenoxy) is 1. The van der Waals surface area contributed by atoms with E-state index in [0.29, 0.717) is 22.2 Å². The first-order chi connectivity index (χ1) is 7.61. The lowest BCUT2D eigenvalue weighted by Crippen LogP contribution is -1.96. The molecular formula is C11H11ClN2O2. The molecule has 0 amide bonds. The number of rotatable bonds is 3. The van der Waals surface area contributed by atoms with Crippen LogP contribution in [0.1, 0.15) is 12.6 Å². The monoisotopic (exact) mass is 238 g/mol. The van der Waals surface area contributed by atoms with Crippen LogP contribution in [0.15, 0.2) is 18.3 Å². The Morgan fingerprint density at radius 1 is 1.62 bits per heavy atom. The Kier molecular flexibility index (Phi) is 2.83. The molecule has 2 aromatic heterocycles. The molecule has 0 aliphatic carbocycles. The van der Waals surface area contributed by atoms with Gasteiger partial charge in [-0.1, -0.05) is 11.6 Å². The maximum Gasteiger partial charge on any atom is 0.141 e. The molecule has 0 N–H and O–H groups in total. The number of ketones is 1. The molecule has 2 rings (SSSR count). The highest BCUT2D eigenvalue weighted by Crippen LogP contribution is 2.22. The first-order valence-corrected chi connectivity index (χ1v) is 5.19. The van der Waals surface area contributed by atoms with Crippen LogP contribution in [0.5, 0.6) is 5.75 Å². The first-order valence-electron chi connectivity index (χ1n) is 4.81. The van der Waals surface area contributed by atoms with Crippen molar-refractivity contribution < 1.29 is 9.53 Å². The number of methoxy groups -OCH3 is 1. The molecule has 0 aliphatic rings. The molecule has 0 atom stereocenters. The summed E-state index contributed by atoms with van der Waals surface area (Å²) in [7, 11) is 1.59. The largest absolute Gasteiger partial charge is 0.497 e. The molecule has 5 heteroatoms. The highest BCUT2D eigenvalue weighted by molar-refractivity contribution is 6.30. The lowest BCUT2D eigenvalue weighted by atomic mass is 10.2. The number of Topliss-reactive ketones (excluding diaryl/α,β-unsaturated/α-hetero) is 1. The van der Waals surface area contributed by atoms with Crippen molar-refractivity contribution in [1.29, 1.82) is 0 Å². The number of hydrogen-bond acceptors (Lipinski definition) is 3. The minimum Gasteiger partial charge on any atom is -0.497 e. The van der Waals surface area contributed by atoms with Crippen molar-refractivity contribution in [2.75, 3.05) is 7.11 Å². The summed E-state index contributed by atoms with van der Waals surface area (Å²) in [6, 6.07) is 3.56. The molecule has 0 aliphatic heterocycles. The summed E-state index contributed by atoms with van der Waals surface area (Å²) in [5.74, 6) is 0.751. The van der Waals surface area contributed by atoms with Crippen LogP contribution in [-0.4, -0.2) is 22.3 Å². The summed E-state index contributed by atoms with van der Waals surface area (Å²) in [6.45, 7) is 1.51. The summed E-state index contributed by atoms with van der Waals surface area (Å²) in [4.78, 5) is 15.3. The molecule has 0 saturated heterocycles. The molecule has 0 saturated carbocycles. The summed E-state index contributed by atoms with van der Waals surface area (Å²) in [5.41, 5.74) is 1.28. The quantitative estimate of drug-likeness (QED) is 0.823. The van der Waals surface area contributed by atoms with Gasteiger partial charge < -0.3 is 4.74 Å². The van der Waals surface area contributed by atoms with Crippen LogP contribution in [0.25, 0.3) is 5.65 Å². The van der Waals surface area contributed by atoms with Gasteiger partial charge in [-0.05, 0) is 13.0 Å². The molecule has 0 bridgehead atoms. The zero-order chi connectivity index (χ0) is 11.7. The van der Waals surface area contributed by atoms with Crippen LogP contribution in [0.3, 0.4) is 0 Å². The third-order valence-corrected chi connectivity index (χ3v) is 2.66. The molecule has 0 spiro atoms. The molecule has 2 aromatic rings. The van der Waals surface area contributed by atoms with Crippen molar-refractivity contribution in [3.63, 3.8) is 0 Å². The van der Waals surface area contributed by atoms with Crippen LogP contribution in [0.2, 0.25) is 5.15 Å². The zero-order valence-corrected chi connectivity index (χ0v) is 9.78. The van der Waals surface area contributed by atoms with E-state index in [-0.39, 0.29) is 12.2 Å². The highest BCUT2D eigenvalue weighted by atomic mass is 35.5. The van der Waals surface area contributed by atoms with Crippen LogP contribution in [0, 0.1) is 0 Å². The number of carbonyl (C=O) groups is 1. The first kappa shape index (κ1) is 11.0. The van der Waals surface area contributed by atoms with Gasteiger partial charge in [-0.25, -0.2) is 4.98 Å². The van der Waals surface area contributed by atoms with E-state index in [2.05, 4.69) is 4.98 Å². The summed E-state index contributed by atoms with van der Waals surface area (Å²) in [6.07, 6.45) is 2.02. The van der Waals surface area contributed by atoms with Gasteiger partial charge in [0.25, 0.3) is 0 Å². The second-order valence-corrected chi connectivity index (χ2v) is 3.88. The maximum atomic E-state index is 11.0. The van der Waals surface area contributed by atoms with Crippen LogP contribution in [-0.2, 0) is 11.2 Å². The Morgan fingerprint density at radius 2 is 2.38 bits per heavy atom. The number of halogens is 1. The van der Waals surface area contributed by atoms with E-state index >= 15 is 0 Å². The van der Waals surface area contributed by atoms with Gasteiger partial charge in [0.2, 0.25) is 0 Å². The van der Waals surface area contributed by atoms with Crippen molar-refractivity contribution >= 4 is 23.0 Å². The molecule has 2 heterocycles. The van der Waals surface area contributed by atoms with Gasteiger partial charge in [-0.2, -0.15) is 0 Å². The Hall–Kier alpha value is -1.55. The number of carbonyl (C=O) groups excluding carboxylic acids is 1. The number of aromatic nitrogens is 2. The molecular weight excluding hydrogens is 228 g/mol. The van der Waals surface area contributed by atoms with Gasteiger partial charge >= 0.3 is 0 Å². The number of imidazole rings is 1. The van der Waals surface area contributed by atoms with Gasteiger partial charge in [0.05, 0.1) is 19.2 Å². The second kappa shape index (κ2) is 4.14. The van der Waals surface area contributed by atoms with Gasteiger partial charge in [0, 0.05) is 12.3 Å². The lowest BCUT2D eigenvalue weighted by molar-refractivity contribution is -0.116. The normalized spacial score (nSPS) is 10.7. The molecule has 84 valence electrons. The third kappa shape index (κ3) is 1.88. The number of nitrogens with zero attached hydrogens (tertiary/aromatic N) is 2. The smallest absolute Gasteiger partial charge is 0.141 e. The van der Waals surface area contributed by atoms with Gasteiger partial charge in [-0.3, -0.25) is 9.20 Å². The molecule has 4 nitrogen and oxygen atoms in total. The van der Waals surface area contributed by atoms with Gasteiger partial charge in [-0.15, -0.1) is 0 Å². The maximum absolute atomic E-state index is 11.0. The average Bonchev–Trinajstić information content (AvgIpc) is 2.54. The van der Waals surface area contributed by atoms with Crippen molar-refractivity contribution in [2.24, 2.45) is 0 Å². The predicted octanol–water partition coefficient (Wildman–Crippen LogP) is 2.13. The number of fused-ring (bicyclic) bond motifs is 1. The van der Waals surface area contributed by atoms with Crippen molar-refractivity contribution in [3.05, 3.63) is 29.2 Å². The minimum absolute atomic E-state index is 0.0391. The van der Waals surface area contributed by atoms with E-state index < -0.39 is 0 Å².